The summed E-state index contributed by atoms with van der Waals surface area (Å²) in [5.74, 6) is -0.935. The average Bonchev–Trinajstić information content (AvgIpc) is 3.02. The van der Waals surface area contributed by atoms with E-state index in [1.54, 1.807) is 60.7 Å². The van der Waals surface area contributed by atoms with E-state index in [4.69, 9.17) is 23.2 Å². The zero-order chi connectivity index (χ0) is 31.7. The Morgan fingerprint density at radius 2 is 1.43 bits per heavy atom. The number of hydrogen-bond donors (Lipinski definition) is 1. The van der Waals surface area contributed by atoms with Crippen molar-refractivity contribution in [3.63, 3.8) is 0 Å². The van der Waals surface area contributed by atoms with Gasteiger partial charge in [-0.05, 0) is 54.8 Å². The third kappa shape index (κ3) is 8.20. The van der Waals surface area contributed by atoms with Crippen LogP contribution in [0, 0.1) is 6.92 Å². The molecule has 0 aliphatic carbocycles. The van der Waals surface area contributed by atoms with Gasteiger partial charge in [-0.2, -0.15) is 0 Å². The van der Waals surface area contributed by atoms with E-state index in [0.29, 0.717) is 23.6 Å². The molecule has 7 nitrogen and oxygen atoms in total. The number of amides is 2. The van der Waals surface area contributed by atoms with E-state index in [0.717, 1.165) is 15.4 Å². The summed E-state index contributed by atoms with van der Waals surface area (Å²) in [4.78, 5) is 29.6. The highest BCUT2D eigenvalue weighted by Gasteiger charge is 2.35. The fraction of sp³-hybridized carbons (Fsp3) is 0.235. The highest BCUT2D eigenvalue weighted by Crippen LogP contribution is 2.31. The van der Waals surface area contributed by atoms with Crippen LogP contribution >= 0.6 is 23.2 Å². The molecular weight excluding hydrogens is 617 g/mol. The molecule has 0 bridgehead atoms. The summed E-state index contributed by atoms with van der Waals surface area (Å²) in [7, 11) is -4.25. The molecule has 0 heterocycles. The van der Waals surface area contributed by atoms with Gasteiger partial charge in [0.25, 0.3) is 10.0 Å². The number of carbonyl (C=O) groups excluding carboxylic acids is 2. The van der Waals surface area contributed by atoms with Crippen LogP contribution in [0.2, 0.25) is 10.0 Å². The van der Waals surface area contributed by atoms with Crippen molar-refractivity contribution in [1.29, 1.82) is 0 Å². The van der Waals surface area contributed by atoms with Gasteiger partial charge in [-0.25, -0.2) is 8.42 Å². The lowest BCUT2D eigenvalue weighted by molar-refractivity contribution is -0.140. The number of aryl methyl sites for hydroxylation is 1. The number of nitrogens with one attached hydrogen (secondary N) is 1. The molecule has 0 saturated carbocycles. The number of sulfonamides is 1. The predicted octanol–water partition coefficient (Wildman–Crippen LogP) is 6.66. The molecule has 2 amide bonds. The highest BCUT2D eigenvalue weighted by atomic mass is 35.5. The number of halogens is 2. The highest BCUT2D eigenvalue weighted by molar-refractivity contribution is 7.92. The second kappa shape index (κ2) is 15.2. The molecule has 4 aromatic rings. The van der Waals surface area contributed by atoms with E-state index in [9.17, 15) is 18.0 Å². The number of anilines is 1. The van der Waals surface area contributed by atoms with Crippen LogP contribution in [-0.2, 0) is 32.6 Å². The summed E-state index contributed by atoms with van der Waals surface area (Å²) in [6.07, 6.45) is 0.917. The predicted molar refractivity (Wildman–Crippen MR) is 176 cm³/mol. The SMILES string of the molecule is CCCNC(=O)C(Cc1ccccc1)N(Cc1ccccc1Cl)C(=O)CN(c1ccccc1Cl)S(=O)(=O)c1ccc(C)cc1. The largest absolute Gasteiger partial charge is 0.354 e. The molecule has 0 aliphatic rings. The minimum Gasteiger partial charge on any atom is -0.354 e. The van der Waals surface area contributed by atoms with Crippen molar-refractivity contribution >= 4 is 50.7 Å². The third-order valence-corrected chi connectivity index (χ3v) is 9.59. The molecule has 4 aromatic carbocycles. The Morgan fingerprint density at radius 3 is 2.07 bits per heavy atom. The minimum atomic E-state index is -4.25. The van der Waals surface area contributed by atoms with Gasteiger partial charge in [0.1, 0.15) is 12.6 Å². The standard InChI is InChI=1S/C34H35Cl2N3O4S/c1-3-21-37-34(41)32(22-26-11-5-4-6-12-26)38(23-27-13-7-8-14-29(27)35)33(40)24-39(31-16-10-9-15-30(31)36)44(42,43)28-19-17-25(2)18-20-28/h4-20,32H,3,21-24H2,1-2H3,(H,37,41). The molecule has 0 radical (unpaired) electrons. The van der Waals surface area contributed by atoms with Crippen LogP contribution in [0.5, 0.6) is 0 Å². The maximum absolute atomic E-state index is 14.4. The van der Waals surface area contributed by atoms with Gasteiger partial charge in [-0.1, -0.05) is 108 Å². The number of carbonyl (C=O) groups is 2. The summed E-state index contributed by atoms with van der Waals surface area (Å²) < 4.78 is 29.2. The van der Waals surface area contributed by atoms with Crippen molar-refractivity contribution in [3.05, 3.63) is 130 Å². The molecule has 4 rings (SSSR count). The molecule has 0 spiro atoms. The Hall–Kier alpha value is -3.85. The van der Waals surface area contributed by atoms with Gasteiger partial charge in [-0.3, -0.25) is 13.9 Å². The lowest BCUT2D eigenvalue weighted by atomic mass is 10.0. The Bertz CT molecular complexity index is 1680. The zero-order valence-corrected chi connectivity index (χ0v) is 26.9. The zero-order valence-electron chi connectivity index (χ0n) is 24.6. The Kier molecular flexibility index (Phi) is 11.4. The molecule has 0 fully saturated rings. The first kappa shape index (κ1) is 33.1. The molecule has 10 heteroatoms. The molecule has 0 aliphatic heterocycles. The van der Waals surface area contributed by atoms with Crippen molar-refractivity contribution < 1.29 is 18.0 Å². The molecule has 230 valence electrons. The third-order valence-electron chi connectivity index (χ3n) is 7.13. The van der Waals surface area contributed by atoms with Gasteiger partial charge in [0.05, 0.1) is 15.6 Å². The van der Waals surface area contributed by atoms with Crippen molar-refractivity contribution in [2.75, 3.05) is 17.4 Å². The summed E-state index contributed by atoms with van der Waals surface area (Å²) in [5, 5.41) is 3.51. The van der Waals surface area contributed by atoms with Crippen molar-refractivity contribution in [2.45, 2.75) is 44.2 Å². The first-order valence-electron chi connectivity index (χ1n) is 14.3. The van der Waals surface area contributed by atoms with Crippen molar-refractivity contribution in [2.24, 2.45) is 0 Å². The molecule has 0 aromatic heterocycles. The van der Waals surface area contributed by atoms with E-state index in [-0.39, 0.29) is 34.5 Å². The van der Waals surface area contributed by atoms with E-state index in [1.165, 1.54) is 17.0 Å². The van der Waals surface area contributed by atoms with Crippen molar-refractivity contribution in [3.8, 4) is 0 Å². The molecular formula is C34H35Cl2N3O4S. The second-order valence-corrected chi connectivity index (χ2v) is 13.1. The van der Waals surface area contributed by atoms with Gasteiger partial charge < -0.3 is 10.2 Å². The van der Waals surface area contributed by atoms with Gasteiger partial charge in [-0.15, -0.1) is 0 Å². The number of benzene rings is 4. The van der Waals surface area contributed by atoms with Crippen LogP contribution in [0.15, 0.2) is 108 Å². The lowest BCUT2D eigenvalue weighted by Gasteiger charge is -2.34. The van der Waals surface area contributed by atoms with Gasteiger partial charge in [0.15, 0.2) is 0 Å². The van der Waals surface area contributed by atoms with Crippen LogP contribution in [0.4, 0.5) is 5.69 Å². The molecule has 1 unspecified atom stereocenters. The van der Waals surface area contributed by atoms with E-state index < -0.39 is 28.5 Å². The Labute approximate surface area is 269 Å². The lowest BCUT2D eigenvalue weighted by Crippen LogP contribution is -2.53. The quantitative estimate of drug-likeness (QED) is 0.175. The topological polar surface area (TPSA) is 86.8 Å². The number of para-hydroxylation sites is 1. The van der Waals surface area contributed by atoms with Gasteiger partial charge >= 0.3 is 0 Å². The van der Waals surface area contributed by atoms with Gasteiger partial charge in [0.2, 0.25) is 11.8 Å². The van der Waals surface area contributed by atoms with Crippen LogP contribution in [0.3, 0.4) is 0 Å². The number of rotatable bonds is 13. The molecule has 1 N–H and O–H groups in total. The maximum Gasteiger partial charge on any atom is 0.264 e. The first-order chi connectivity index (χ1) is 21.1. The maximum atomic E-state index is 14.4. The molecule has 0 saturated heterocycles. The van der Waals surface area contributed by atoms with Crippen LogP contribution < -0.4 is 9.62 Å². The normalized spacial score (nSPS) is 11.9. The summed E-state index contributed by atoms with van der Waals surface area (Å²) in [6.45, 7) is 3.60. The van der Waals surface area contributed by atoms with Crippen molar-refractivity contribution in [1.82, 2.24) is 10.2 Å². The van der Waals surface area contributed by atoms with E-state index in [2.05, 4.69) is 5.32 Å². The summed E-state index contributed by atoms with van der Waals surface area (Å²) in [5.41, 5.74) is 2.50. The molecule has 1 atom stereocenters. The first-order valence-corrected chi connectivity index (χ1v) is 16.5. The number of hydrogen-bond acceptors (Lipinski definition) is 4. The van der Waals surface area contributed by atoms with E-state index >= 15 is 0 Å². The van der Waals surface area contributed by atoms with Gasteiger partial charge in [0, 0.05) is 24.5 Å². The Balaban J connectivity index is 1.81. The summed E-state index contributed by atoms with van der Waals surface area (Å²) >= 11 is 13.0. The Morgan fingerprint density at radius 1 is 0.818 bits per heavy atom. The fourth-order valence-electron chi connectivity index (χ4n) is 4.73. The van der Waals surface area contributed by atoms with E-state index in [1.807, 2.05) is 44.2 Å². The second-order valence-electron chi connectivity index (χ2n) is 10.4. The van der Waals surface area contributed by atoms with Crippen LogP contribution in [-0.4, -0.2) is 44.3 Å². The average molecular weight is 653 g/mol. The number of nitrogens with zero attached hydrogens (tertiary/aromatic N) is 2. The summed E-state index contributed by atoms with van der Waals surface area (Å²) in [6, 6.07) is 28.3. The molecule has 44 heavy (non-hydrogen) atoms. The minimum absolute atomic E-state index is 0.00926. The monoisotopic (exact) mass is 651 g/mol. The van der Waals surface area contributed by atoms with Crippen LogP contribution in [0.25, 0.3) is 0 Å². The van der Waals surface area contributed by atoms with Crippen LogP contribution in [0.1, 0.15) is 30.0 Å². The smallest absolute Gasteiger partial charge is 0.264 e. The fourth-order valence-corrected chi connectivity index (χ4v) is 6.65.